The fourth-order valence-electron chi connectivity index (χ4n) is 1.75. The summed E-state index contributed by atoms with van der Waals surface area (Å²) in [6, 6.07) is 1.70. The van der Waals surface area contributed by atoms with Crippen molar-refractivity contribution in [2.45, 2.75) is 20.3 Å². The van der Waals surface area contributed by atoms with E-state index in [2.05, 4.69) is 15.4 Å². The van der Waals surface area contributed by atoms with Crippen LogP contribution in [0.25, 0.3) is 0 Å². The van der Waals surface area contributed by atoms with Gasteiger partial charge < -0.3 is 20.6 Å². The summed E-state index contributed by atoms with van der Waals surface area (Å²) in [4.78, 5) is 14.2. The zero-order valence-electron chi connectivity index (χ0n) is 12.5. The number of aryl methyl sites for hydroxylation is 2. The normalized spacial score (nSPS) is 11.5. The molecule has 0 aliphatic rings. The zero-order valence-corrected chi connectivity index (χ0v) is 12.5. The Kier molecular flexibility index (Phi) is 6.54. The first kappa shape index (κ1) is 16.8. The average molecular weight is 295 g/mol. The van der Waals surface area contributed by atoms with Crippen LogP contribution < -0.4 is 5.73 Å². The molecule has 8 heteroatoms. The van der Waals surface area contributed by atoms with Crippen molar-refractivity contribution < 1.29 is 14.7 Å². The summed E-state index contributed by atoms with van der Waals surface area (Å²) in [5.41, 5.74) is 7.19. The first-order valence-electron chi connectivity index (χ1n) is 6.55. The summed E-state index contributed by atoms with van der Waals surface area (Å²) >= 11 is 0. The predicted octanol–water partition coefficient (Wildman–Crippen LogP) is 0.319. The first-order valence-corrected chi connectivity index (χ1v) is 6.55. The molecule has 21 heavy (non-hydrogen) atoms. The van der Waals surface area contributed by atoms with Crippen LogP contribution in [0.1, 0.15) is 28.2 Å². The lowest BCUT2D eigenvalue weighted by Gasteiger charge is -2.22. The van der Waals surface area contributed by atoms with E-state index in [1.54, 1.807) is 31.9 Å². The molecule has 1 aromatic heterocycles. The van der Waals surface area contributed by atoms with E-state index in [9.17, 15) is 4.79 Å². The average Bonchev–Trinajstić information content (AvgIpc) is 2.48. The lowest BCUT2D eigenvalue weighted by molar-refractivity contribution is 0.0699. The second-order valence-electron chi connectivity index (χ2n) is 4.61. The molecular formula is C13H21N5O3. The van der Waals surface area contributed by atoms with Crippen molar-refractivity contribution in [2.75, 3.05) is 26.8 Å². The fourth-order valence-corrected chi connectivity index (χ4v) is 1.75. The Bertz CT molecular complexity index is 519. The summed E-state index contributed by atoms with van der Waals surface area (Å²) in [5.74, 6) is -0.0979. The van der Waals surface area contributed by atoms with Gasteiger partial charge in [0.1, 0.15) is 5.84 Å². The number of oxime groups is 1. The smallest absolute Gasteiger partial charge is 0.255 e. The summed E-state index contributed by atoms with van der Waals surface area (Å²) in [6.07, 6.45) is 0.280. The molecule has 3 N–H and O–H groups in total. The SMILES string of the molecule is COCCN(CC/C(N)=N/O)C(=O)c1cc(C)nnc1C. The Hall–Kier alpha value is -2.22. The molecule has 0 unspecified atom stereocenters. The number of ether oxygens (including phenoxy) is 1. The second kappa shape index (κ2) is 8.15. The van der Waals surface area contributed by atoms with Crippen LogP contribution in [0.4, 0.5) is 0 Å². The van der Waals surface area contributed by atoms with Crippen molar-refractivity contribution in [3.8, 4) is 0 Å². The highest BCUT2D eigenvalue weighted by molar-refractivity contribution is 5.95. The highest BCUT2D eigenvalue weighted by Gasteiger charge is 2.19. The topological polar surface area (TPSA) is 114 Å². The molecule has 0 aromatic carbocycles. The first-order chi connectivity index (χ1) is 9.99. The molecule has 1 amide bonds. The maximum Gasteiger partial charge on any atom is 0.255 e. The molecule has 1 rings (SSSR count). The van der Waals surface area contributed by atoms with Crippen LogP contribution in [0, 0.1) is 13.8 Å². The number of aromatic nitrogens is 2. The number of hydrogen-bond acceptors (Lipinski definition) is 6. The number of nitrogens with two attached hydrogens (primary N) is 1. The molecule has 0 bridgehead atoms. The quantitative estimate of drug-likeness (QED) is 0.324. The Morgan fingerprint density at radius 2 is 2.14 bits per heavy atom. The molecule has 0 fully saturated rings. The van der Waals surface area contributed by atoms with Crippen molar-refractivity contribution in [3.05, 3.63) is 23.0 Å². The predicted molar refractivity (Wildman–Crippen MR) is 77.3 cm³/mol. The Labute approximate surface area is 123 Å². The molecule has 0 saturated heterocycles. The molecule has 0 radical (unpaired) electrons. The van der Waals surface area contributed by atoms with Gasteiger partial charge in [-0.3, -0.25) is 4.79 Å². The van der Waals surface area contributed by atoms with Crippen LogP contribution in [-0.2, 0) is 4.74 Å². The number of carbonyl (C=O) groups excluding carboxylic acids is 1. The van der Waals surface area contributed by atoms with Gasteiger partial charge >= 0.3 is 0 Å². The summed E-state index contributed by atoms with van der Waals surface area (Å²) in [5, 5.41) is 19.4. The number of carbonyl (C=O) groups is 1. The van der Waals surface area contributed by atoms with Crippen molar-refractivity contribution in [2.24, 2.45) is 10.9 Å². The molecule has 0 aliphatic carbocycles. The standard InChI is InChI=1S/C13H21N5O3/c1-9-8-11(10(2)16-15-9)13(19)18(6-7-21-3)5-4-12(14)17-20/h8,20H,4-7H2,1-3H3,(H2,14,17). The van der Waals surface area contributed by atoms with Gasteiger partial charge in [0, 0.05) is 26.6 Å². The van der Waals surface area contributed by atoms with Crippen LogP contribution in [-0.4, -0.2) is 58.9 Å². The molecule has 1 aromatic rings. The van der Waals surface area contributed by atoms with Crippen LogP contribution >= 0.6 is 0 Å². The second-order valence-corrected chi connectivity index (χ2v) is 4.61. The Morgan fingerprint density at radius 1 is 1.43 bits per heavy atom. The number of hydrogen-bond donors (Lipinski definition) is 2. The maximum absolute atomic E-state index is 12.6. The summed E-state index contributed by atoms with van der Waals surface area (Å²) < 4.78 is 5.01. The highest BCUT2D eigenvalue weighted by Crippen LogP contribution is 2.10. The molecule has 0 atom stereocenters. The minimum absolute atomic E-state index is 0.0750. The third kappa shape index (κ3) is 4.99. The third-order valence-corrected chi connectivity index (χ3v) is 2.95. The fraction of sp³-hybridized carbons (Fsp3) is 0.538. The molecule has 8 nitrogen and oxygen atoms in total. The zero-order chi connectivity index (χ0) is 15.8. The van der Waals surface area contributed by atoms with Crippen molar-refractivity contribution >= 4 is 11.7 Å². The molecule has 116 valence electrons. The summed E-state index contributed by atoms with van der Waals surface area (Å²) in [6.45, 7) is 4.66. The van der Waals surface area contributed by atoms with E-state index in [4.69, 9.17) is 15.7 Å². The highest BCUT2D eigenvalue weighted by atomic mass is 16.5. The minimum Gasteiger partial charge on any atom is -0.409 e. The van der Waals surface area contributed by atoms with Crippen LogP contribution in [0.15, 0.2) is 11.2 Å². The van der Waals surface area contributed by atoms with Gasteiger partial charge in [-0.2, -0.15) is 10.2 Å². The van der Waals surface area contributed by atoms with Crippen molar-refractivity contribution in [3.63, 3.8) is 0 Å². The van der Waals surface area contributed by atoms with E-state index in [1.165, 1.54) is 0 Å². The van der Waals surface area contributed by atoms with Gasteiger partial charge in [0.2, 0.25) is 0 Å². The van der Waals surface area contributed by atoms with E-state index >= 15 is 0 Å². The lowest BCUT2D eigenvalue weighted by atomic mass is 10.1. The number of rotatable bonds is 7. The minimum atomic E-state index is -0.173. The number of nitrogens with zero attached hydrogens (tertiary/aromatic N) is 4. The lowest BCUT2D eigenvalue weighted by Crippen LogP contribution is -2.37. The van der Waals surface area contributed by atoms with Crippen molar-refractivity contribution in [1.82, 2.24) is 15.1 Å². The third-order valence-electron chi connectivity index (χ3n) is 2.95. The van der Waals surface area contributed by atoms with Crippen molar-refractivity contribution in [1.29, 1.82) is 0 Å². The van der Waals surface area contributed by atoms with E-state index in [0.717, 1.165) is 0 Å². The maximum atomic E-state index is 12.6. The van der Waals surface area contributed by atoms with E-state index in [1.807, 2.05) is 0 Å². The molecular weight excluding hydrogens is 274 g/mol. The Morgan fingerprint density at radius 3 is 2.76 bits per heavy atom. The van der Waals surface area contributed by atoms with E-state index in [0.29, 0.717) is 36.6 Å². The van der Waals surface area contributed by atoms with Gasteiger partial charge in [-0.05, 0) is 19.9 Å². The largest absolute Gasteiger partial charge is 0.409 e. The summed E-state index contributed by atoms with van der Waals surface area (Å²) in [7, 11) is 1.57. The van der Waals surface area contributed by atoms with Crippen LogP contribution in [0.2, 0.25) is 0 Å². The Balaban J connectivity index is 2.90. The van der Waals surface area contributed by atoms with E-state index in [-0.39, 0.29) is 18.2 Å². The van der Waals surface area contributed by atoms with Gasteiger partial charge in [-0.25, -0.2) is 0 Å². The van der Waals surface area contributed by atoms with Crippen LogP contribution in [0.3, 0.4) is 0 Å². The number of methoxy groups -OCH3 is 1. The number of amides is 1. The van der Waals surface area contributed by atoms with Gasteiger partial charge in [0.25, 0.3) is 5.91 Å². The monoisotopic (exact) mass is 295 g/mol. The van der Waals surface area contributed by atoms with Gasteiger partial charge in [0.05, 0.1) is 23.6 Å². The van der Waals surface area contributed by atoms with Gasteiger partial charge in [-0.1, -0.05) is 5.16 Å². The van der Waals surface area contributed by atoms with Gasteiger partial charge in [-0.15, -0.1) is 0 Å². The van der Waals surface area contributed by atoms with Crippen LogP contribution in [0.5, 0.6) is 0 Å². The van der Waals surface area contributed by atoms with E-state index < -0.39 is 0 Å². The number of amidine groups is 1. The van der Waals surface area contributed by atoms with Gasteiger partial charge in [0.15, 0.2) is 0 Å². The molecule has 1 heterocycles. The molecule has 0 spiro atoms. The molecule has 0 saturated carbocycles. The molecule has 0 aliphatic heterocycles.